The number of benzene rings is 1. The molecule has 2 aromatic rings. The molecule has 1 heterocycles. The largest absolute Gasteiger partial charge is 0.294 e. The van der Waals surface area contributed by atoms with Crippen molar-refractivity contribution in [1.29, 1.82) is 0 Å². The van der Waals surface area contributed by atoms with Gasteiger partial charge in [-0.1, -0.05) is 32.0 Å². The van der Waals surface area contributed by atoms with Gasteiger partial charge in [-0.25, -0.2) is 9.67 Å². The Labute approximate surface area is 132 Å². The summed E-state index contributed by atoms with van der Waals surface area (Å²) in [5.74, 6) is 1.31. The van der Waals surface area contributed by atoms with E-state index in [9.17, 15) is 4.79 Å². The summed E-state index contributed by atoms with van der Waals surface area (Å²) in [7, 11) is 0. The average molecular weight is 383 g/mol. The molecule has 0 amide bonds. The van der Waals surface area contributed by atoms with Gasteiger partial charge in [0.15, 0.2) is 5.78 Å². The Morgan fingerprint density at radius 2 is 2.15 bits per heavy atom. The highest BCUT2D eigenvalue weighted by Crippen LogP contribution is 2.18. The molecule has 0 saturated carbocycles. The number of halogens is 1. The average Bonchev–Trinajstić information content (AvgIpc) is 2.79. The minimum absolute atomic E-state index is 0.0936. The number of aromatic nitrogens is 3. The summed E-state index contributed by atoms with van der Waals surface area (Å²) in [5.41, 5.74) is 1.89. The number of hydrogen-bond donors (Lipinski definition) is 0. The van der Waals surface area contributed by atoms with E-state index in [0.29, 0.717) is 12.3 Å². The van der Waals surface area contributed by atoms with Gasteiger partial charge in [0.1, 0.15) is 12.2 Å². The molecule has 0 bridgehead atoms. The Kier molecular flexibility index (Phi) is 4.91. The number of carbonyl (C=O) groups excluding carboxylic acids is 1. The smallest absolute Gasteiger partial charge is 0.171 e. The topological polar surface area (TPSA) is 47.8 Å². The third-order valence-electron chi connectivity index (χ3n) is 3.04. The zero-order valence-electron chi connectivity index (χ0n) is 11.9. The van der Waals surface area contributed by atoms with E-state index in [1.165, 1.54) is 6.33 Å². The van der Waals surface area contributed by atoms with E-state index in [1.54, 1.807) is 0 Å². The first-order chi connectivity index (χ1) is 9.49. The molecule has 0 saturated heterocycles. The molecular formula is C15H18IN3O. The highest BCUT2D eigenvalue weighted by molar-refractivity contribution is 14.1. The summed E-state index contributed by atoms with van der Waals surface area (Å²) in [6, 6.07) is 5.81. The summed E-state index contributed by atoms with van der Waals surface area (Å²) in [6.45, 7) is 7.04. The fourth-order valence-corrected chi connectivity index (χ4v) is 2.69. The number of rotatable bonds is 5. The monoisotopic (exact) mass is 383 g/mol. The first-order valence-corrected chi connectivity index (χ1v) is 7.72. The van der Waals surface area contributed by atoms with Gasteiger partial charge >= 0.3 is 0 Å². The third kappa shape index (κ3) is 3.45. The molecule has 1 aromatic carbocycles. The Morgan fingerprint density at radius 3 is 2.85 bits per heavy atom. The second-order valence-corrected chi connectivity index (χ2v) is 6.37. The Morgan fingerprint density at radius 1 is 1.40 bits per heavy atom. The van der Waals surface area contributed by atoms with Crippen LogP contribution < -0.4 is 0 Å². The van der Waals surface area contributed by atoms with Gasteiger partial charge in [-0.15, -0.1) is 0 Å². The van der Waals surface area contributed by atoms with Crippen molar-refractivity contribution in [2.24, 2.45) is 5.92 Å². The number of carbonyl (C=O) groups is 1. The molecule has 1 aromatic heterocycles. The molecular weight excluding hydrogens is 365 g/mol. The number of Topliss-reactive ketones (excluding diaryl/α,β-unsaturated/α-hetero) is 1. The summed E-state index contributed by atoms with van der Waals surface area (Å²) >= 11 is 2.23. The number of ketones is 1. The zero-order chi connectivity index (χ0) is 14.7. The molecule has 0 aliphatic rings. The van der Waals surface area contributed by atoms with Gasteiger partial charge in [0.25, 0.3) is 0 Å². The van der Waals surface area contributed by atoms with Crippen LogP contribution in [-0.4, -0.2) is 20.5 Å². The Balaban J connectivity index is 2.20. The predicted octanol–water partition coefficient (Wildman–Crippen LogP) is 3.27. The molecule has 0 unspecified atom stereocenters. The van der Waals surface area contributed by atoms with E-state index >= 15 is 0 Å². The van der Waals surface area contributed by atoms with E-state index < -0.39 is 0 Å². The van der Waals surface area contributed by atoms with E-state index in [0.717, 1.165) is 27.1 Å². The molecule has 0 spiro atoms. The molecule has 5 heteroatoms. The lowest BCUT2D eigenvalue weighted by Crippen LogP contribution is -2.15. The lowest BCUT2D eigenvalue weighted by atomic mass is 10.1. The fraction of sp³-hybridized carbons (Fsp3) is 0.400. The minimum Gasteiger partial charge on any atom is -0.294 e. The maximum Gasteiger partial charge on any atom is 0.171 e. The van der Waals surface area contributed by atoms with Crippen LogP contribution in [0.5, 0.6) is 0 Å². The van der Waals surface area contributed by atoms with Crippen LogP contribution >= 0.6 is 22.6 Å². The molecule has 0 aliphatic heterocycles. The van der Waals surface area contributed by atoms with E-state index in [4.69, 9.17) is 0 Å². The molecule has 0 atom stereocenters. The summed E-state index contributed by atoms with van der Waals surface area (Å²) in [4.78, 5) is 16.7. The summed E-state index contributed by atoms with van der Waals surface area (Å²) in [5, 5.41) is 4.19. The van der Waals surface area contributed by atoms with Gasteiger partial charge in [0.05, 0.1) is 6.42 Å². The van der Waals surface area contributed by atoms with Crippen molar-refractivity contribution in [2.75, 3.05) is 0 Å². The van der Waals surface area contributed by atoms with Crippen LogP contribution in [0.2, 0.25) is 0 Å². The molecule has 0 N–H and O–H groups in total. The van der Waals surface area contributed by atoms with E-state index in [1.807, 2.05) is 29.8 Å². The van der Waals surface area contributed by atoms with Gasteiger partial charge in [0, 0.05) is 15.7 Å². The lowest BCUT2D eigenvalue weighted by Gasteiger charge is -2.09. The maximum atomic E-state index is 12.4. The molecule has 4 nitrogen and oxygen atoms in total. The zero-order valence-corrected chi connectivity index (χ0v) is 14.1. The highest BCUT2D eigenvalue weighted by Gasteiger charge is 2.15. The second kappa shape index (κ2) is 6.47. The third-order valence-corrected chi connectivity index (χ3v) is 4.48. The number of hydrogen-bond acceptors (Lipinski definition) is 3. The SMILES string of the molecule is Cc1cccc(C(=O)Cc2ncnn2CC(C)C)c1I. The van der Waals surface area contributed by atoms with Crippen molar-refractivity contribution in [3.05, 3.63) is 45.0 Å². The van der Waals surface area contributed by atoms with Crippen molar-refractivity contribution in [1.82, 2.24) is 14.8 Å². The van der Waals surface area contributed by atoms with E-state index in [2.05, 4.69) is 46.5 Å². The molecule has 0 fully saturated rings. The van der Waals surface area contributed by atoms with E-state index in [-0.39, 0.29) is 5.78 Å². The first kappa shape index (κ1) is 15.2. The van der Waals surface area contributed by atoms with Crippen molar-refractivity contribution >= 4 is 28.4 Å². The number of aryl methyl sites for hydroxylation is 1. The van der Waals surface area contributed by atoms with Crippen molar-refractivity contribution in [3.8, 4) is 0 Å². The van der Waals surface area contributed by atoms with Crippen LogP contribution in [0.1, 0.15) is 35.6 Å². The van der Waals surface area contributed by atoms with Gasteiger partial charge < -0.3 is 0 Å². The summed E-state index contributed by atoms with van der Waals surface area (Å²) < 4.78 is 2.84. The van der Waals surface area contributed by atoms with Crippen LogP contribution in [0.15, 0.2) is 24.5 Å². The van der Waals surface area contributed by atoms with Crippen molar-refractivity contribution in [3.63, 3.8) is 0 Å². The maximum absolute atomic E-state index is 12.4. The van der Waals surface area contributed by atoms with Gasteiger partial charge in [-0.05, 0) is 41.0 Å². The first-order valence-electron chi connectivity index (χ1n) is 6.64. The standard InChI is InChI=1S/C15H18IN3O/c1-10(2)8-19-14(17-9-18-19)7-13(20)12-6-4-5-11(3)15(12)16/h4-6,9-10H,7-8H2,1-3H3. The number of nitrogens with zero attached hydrogens (tertiary/aromatic N) is 3. The molecule has 0 radical (unpaired) electrons. The molecule has 20 heavy (non-hydrogen) atoms. The highest BCUT2D eigenvalue weighted by atomic mass is 127. The van der Waals surface area contributed by atoms with Gasteiger partial charge in [-0.3, -0.25) is 4.79 Å². The molecule has 106 valence electrons. The lowest BCUT2D eigenvalue weighted by molar-refractivity contribution is 0.0988. The van der Waals surface area contributed by atoms with Crippen LogP contribution in [0.4, 0.5) is 0 Å². The van der Waals surface area contributed by atoms with Crippen LogP contribution in [0.3, 0.4) is 0 Å². The van der Waals surface area contributed by atoms with Crippen molar-refractivity contribution < 1.29 is 4.79 Å². The minimum atomic E-state index is 0.0936. The van der Waals surface area contributed by atoms with Crippen LogP contribution in [0, 0.1) is 16.4 Å². The molecule has 2 rings (SSSR count). The van der Waals surface area contributed by atoms with Gasteiger partial charge in [-0.2, -0.15) is 5.10 Å². The normalized spacial score (nSPS) is 11.1. The Hall–Kier alpha value is -1.24. The second-order valence-electron chi connectivity index (χ2n) is 5.29. The molecule has 0 aliphatic carbocycles. The van der Waals surface area contributed by atoms with Gasteiger partial charge in [0.2, 0.25) is 0 Å². The Bertz CT molecular complexity index is 619. The summed E-state index contributed by atoms with van der Waals surface area (Å²) in [6.07, 6.45) is 1.82. The quantitative estimate of drug-likeness (QED) is 0.588. The predicted molar refractivity (Wildman–Crippen MR) is 86.8 cm³/mol. The fourth-order valence-electron chi connectivity index (χ4n) is 2.02. The van der Waals surface area contributed by atoms with Crippen LogP contribution in [-0.2, 0) is 13.0 Å². The van der Waals surface area contributed by atoms with Crippen molar-refractivity contribution in [2.45, 2.75) is 33.7 Å². The van der Waals surface area contributed by atoms with Crippen LogP contribution in [0.25, 0.3) is 0 Å².